The Morgan fingerprint density at radius 1 is 1.48 bits per heavy atom. The van der Waals surface area contributed by atoms with Gasteiger partial charge < -0.3 is 5.73 Å². The molecule has 0 aliphatic heterocycles. The van der Waals surface area contributed by atoms with Gasteiger partial charge in [-0.05, 0) is 26.0 Å². The van der Waals surface area contributed by atoms with E-state index in [1.807, 2.05) is 0 Å². The maximum absolute atomic E-state index is 13.9. The highest BCUT2D eigenvalue weighted by Gasteiger charge is 2.25. The number of nitrogens with zero attached hydrogens (tertiary/aromatic N) is 1. The highest BCUT2D eigenvalue weighted by Crippen LogP contribution is 2.27. The molecule has 0 saturated heterocycles. The lowest BCUT2D eigenvalue weighted by Gasteiger charge is -2.13. The van der Waals surface area contributed by atoms with Crippen molar-refractivity contribution < 1.29 is 12.8 Å². The van der Waals surface area contributed by atoms with Crippen LogP contribution in [-0.2, 0) is 10.0 Å². The van der Waals surface area contributed by atoms with Crippen molar-refractivity contribution in [1.82, 2.24) is 9.71 Å². The van der Waals surface area contributed by atoms with E-state index in [1.165, 1.54) is 11.3 Å². The first-order valence-corrected chi connectivity index (χ1v) is 8.63. The molecule has 21 heavy (non-hydrogen) atoms. The zero-order chi connectivity index (χ0) is 15.8. The maximum atomic E-state index is 13.9. The maximum Gasteiger partial charge on any atom is 0.244 e. The van der Waals surface area contributed by atoms with Crippen LogP contribution in [0.3, 0.4) is 0 Å². The third-order valence-electron chi connectivity index (χ3n) is 2.66. The van der Waals surface area contributed by atoms with E-state index in [-0.39, 0.29) is 10.7 Å². The molecule has 9 heteroatoms. The first kappa shape index (κ1) is 16.2. The van der Waals surface area contributed by atoms with Gasteiger partial charge in [-0.15, -0.1) is 11.3 Å². The average Bonchev–Trinajstić information content (AvgIpc) is 2.80. The lowest BCUT2D eigenvalue weighted by atomic mass is 10.3. The molecule has 114 valence electrons. The second-order valence-corrected chi connectivity index (χ2v) is 7.49. The molecule has 3 N–H and O–H groups in total. The van der Waals surface area contributed by atoms with Crippen LogP contribution in [0.2, 0.25) is 5.02 Å². The van der Waals surface area contributed by atoms with E-state index >= 15 is 0 Å². The quantitative estimate of drug-likeness (QED) is 0.831. The second-order valence-electron chi connectivity index (χ2n) is 4.48. The second kappa shape index (κ2) is 5.88. The van der Waals surface area contributed by atoms with Crippen LogP contribution >= 0.6 is 22.9 Å². The molecular formula is C12H13ClFN3O2S2. The number of aryl methyl sites for hydroxylation is 1. The summed E-state index contributed by atoms with van der Waals surface area (Å²) in [5, 5.41) is 2.44. The van der Waals surface area contributed by atoms with Crippen LogP contribution in [0.15, 0.2) is 22.4 Å². The van der Waals surface area contributed by atoms with Crippen molar-refractivity contribution in [3.8, 4) is 0 Å². The summed E-state index contributed by atoms with van der Waals surface area (Å²) >= 11 is 7.06. The van der Waals surface area contributed by atoms with Gasteiger partial charge in [-0.3, -0.25) is 0 Å². The predicted molar refractivity (Wildman–Crippen MR) is 81.4 cm³/mol. The van der Waals surface area contributed by atoms with Crippen molar-refractivity contribution in [2.45, 2.75) is 24.8 Å². The van der Waals surface area contributed by atoms with Crippen molar-refractivity contribution in [2.75, 3.05) is 5.73 Å². The molecule has 1 atom stereocenters. The van der Waals surface area contributed by atoms with Crippen LogP contribution in [0.25, 0.3) is 0 Å². The van der Waals surface area contributed by atoms with Gasteiger partial charge in [0.25, 0.3) is 0 Å². The van der Waals surface area contributed by atoms with E-state index in [2.05, 4.69) is 9.71 Å². The zero-order valence-corrected chi connectivity index (χ0v) is 13.6. The smallest absolute Gasteiger partial charge is 0.244 e. The van der Waals surface area contributed by atoms with E-state index in [0.29, 0.717) is 5.01 Å². The van der Waals surface area contributed by atoms with Crippen LogP contribution in [0.4, 0.5) is 10.1 Å². The number of rotatable bonds is 4. The lowest BCUT2D eigenvalue weighted by Crippen LogP contribution is -2.28. The molecule has 2 rings (SSSR count). The SMILES string of the molecule is Cc1csc(C(C)NS(=O)(=O)c2cc(Cl)cc(N)c2F)n1. The van der Waals surface area contributed by atoms with Gasteiger partial charge in [-0.25, -0.2) is 22.5 Å². The number of halogens is 2. The Balaban J connectivity index is 2.35. The molecule has 0 amide bonds. The van der Waals surface area contributed by atoms with Crippen LogP contribution < -0.4 is 10.5 Å². The van der Waals surface area contributed by atoms with Crippen molar-refractivity contribution >= 4 is 38.6 Å². The molecule has 1 heterocycles. The van der Waals surface area contributed by atoms with E-state index in [0.717, 1.165) is 17.8 Å². The van der Waals surface area contributed by atoms with Gasteiger partial charge in [0.05, 0.1) is 11.7 Å². The molecule has 0 bridgehead atoms. The molecule has 0 saturated carbocycles. The van der Waals surface area contributed by atoms with E-state index in [4.69, 9.17) is 17.3 Å². The van der Waals surface area contributed by atoms with Gasteiger partial charge in [0, 0.05) is 16.1 Å². The van der Waals surface area contributed by atoms with Crippen molar-refractivity contribution in [3.05, 3.63) is 39.1 Å². The number of nitrogens with two attached hydrogens (primary N) is 1. The van der Waals surface area contributed by atoms with Crippen molar-refractivity contribution in [3.63, 3.8) is 0 Å². The Bertz CT molecular complexity index is 777. The summed E-state index contributed by atoms with van der Waals surface area (Å²) in [6.45, 7) is 3.43. The van der Waals surface area contributed by atoms with Crippen LogP contribution in [0.5, 0.6) is 0 Å². The van der Waals surface area contributed by atoms with Crippen LogP contribution in [-0.4, -0.2) is 13.4 Å². The lowest BCUT2D eigenvalue weighted by molar-refractivity contribution is 0.548. The Hall–Kier alpha value is -1.22. The fourth-order valence-corrected chi connectivity index (χ4v) is 4.21. The van der Waals surface area contributed by atoms with E-state index < -0.39 is 26.8 Å². The Morgan fingerprint density at radius 3 is 2.71 bits per heavy atom. The number of benzene rings is 1. The van der Waals surface area contributed by atoms with Gasteiger partial charge in [0.1, 0.15) is 9.90 Å². The van der Waals surface area contributed by atoms with Gasteiger partial charge in [-0.2, -0.15) is 0 Å². The first-order valence-electron chi connectivity index (χ1n) is 5.89. The normalized spacial score (nSPS) is 13.3. The monoisotopic (exact) mass is 349 g/mol. The highest BCUT2D eigenvalue weighted by molar-refractivity contribution is 7.89. The fraction of sp³-hybridized carbons (Fsp3) is 0.250. The molecule has 0 aliphatic carbocycles. The molecule has 0 aliphatic rings. The average molecular weight is 350 g/mol. The van der Waals surface area contributed by atoms with Crippen molar-refractivity contribution in [2.24, 2.45) is 0 Å². The minimum atomic E-state index is -4.10. The van der Waals surface area contributed by atoms with Gasteiger partial charge >= 0.3 is 0 Å². The Morgan fingerprint density at radius 2 is 2.14 bits per heavy atom. The van der Waals surface area contributed by atoms with Crippen molar-refractivity contribution in [1.29, 1.82) is 0 Å². The molecule has 1 aromatic heterocycles. The number of thiazole rings is 1. The molecule has 0 fully saturated rings. The molecule has 1 aromatic carbocycles. The molecule has 5 nitrogen and oxygen atoms in total. The largest absolute Gasteiger partial charge is 0.396 e. The fourth-order valence-electron chi connectivity index (χ4n) is 1.70. The van der Waals surface area contributed by atoms with Gasteiger partial charge in [-0.1, -0.05) is 11.6 Å². The highest BCUT2D eigenvalue weighted by atomic mass is 35.5. The predicted octanol–water partition coefficient (Wildman–Crippen LogP) is 2.87. The number of hydrogen-bond donors (Lipinski definition) is 2. The first-order chi connectivity index (χ1) is 9.70. The summed E-state index contributed by atoms with van der Waals surface area (Å²) in [5.74, 6) is -1.02. The zero-order valence-electron chi connectivity index (χ0n) is 11.2. The summed E-state index contributed by atoms with van der Waals surface area (Å²) in [4.78, 5) is 3.62. The van der Waals surface area contributed by atoms with E-state index in [1.54, 1.807) is 19.2 Å². The number of nitrogens with one attached hydrogen (secondary N) is 1. The number of sulfonamides is 1. The molecular weight excluding hydrogens is 337 g/mol. The van der Waals surface area contributed by atoms with Gasteiger partial charge in [0.15, 0.2) is 5.82 Å². The minimum absolute atomic E-state index is 0.0482. The summed E-state index contributed by atoms with van der Waals surface area (Å²) in [7, 11) is -4.10. The topological polar surface area (TPSA) is 85.1 Å². The Labute approximate surface area is 131 Å². The third-order valence-corrected chi connectivity index (χ3v) is 5.56. The summed E-state index contributed by atoms with van der Waals surface area (Å²) in [6, 6.07) is 1.59. The minimum Gasteiger partial charge on any atom is -0.396 e. The van der Waals surface area contributed by atoms with E-state index in [9.17, 15) is 12.8 Å². The molecule has 2 aromatic rings. The summed E-state index contributed by atoms with van der Waals surface area (Å²) < 4.78 is 40.8. The standard InChI is InChI=1S/C12H13ClFN3O2S2/c1-6-5-20-12(16-6)7(2)17-21(18,19)10-4-8(13)3-9(15)11(10)14/h3-5,7,17H,15H2,1-2H3. The number of anilines is 1. The summed E-state index contributed by atoms with van der Waals surface area (Å²) in [5.41, 5.74) is 5.87. The number of nitrogen functional groups attached to an aromatic ring is 1. The van der Waals surface area contributed by atoms with Crippen LogP contribution in [0, 0.1) is 12.7 Å². The van der Waals surface area contributed by atoms with Crippen LogP contribution in [0.1, 0.15) is 23.7 Å². The molecule has 0 radical (unpaired) electrons. The number of aromatic nitrogens is 1. The molecule has 0 spiro atoms. The molecule has 1 unspecified atom stereocenters. The van der Waals surface area contributed by atoms with Gasteiger partial charge in [0.2, 0.25) is 10.0 Å². The number of hydrogen-bond acceptors (Lipinski definition) is 5. The third kappa shape index (κ3) is 3.52. The summed E-state index contributed by atoms with van der Waals surface area (Å²) in [6.07, 6.45) is 0. The Kier molecular flexibility index (Phi) is 4.52.